The fraction of sp³-hybridized carbons (Fsp3) is 0.917. The molecular formula is C12H24N2O3S. The summed E-state index contributed by atoms with van der Waals surface area (Å²) in [5.74, 6) is 0.412. The molecule has 5 nitrogen and oxygen atoms in total. The number of rotatable bonds is 4. The lowest BCUT2D eigenvalue weighted by Gasteiger charge is -2.32. The van der Waals surface area contributed by atoms with E-state index in [1.54, 1.807) is 4.90 Å². The van der Waals surface area contributed by atoms with Crippen molar-refractivity contribution in [3.05, 3.63) is 0 Å². The summed E-state index contributed by atoms with van der Waals surface area (Å²) in [5, 5.41) is 2.47. The SMILES string of the molecule is CCNC(=O)N1CCC(S(=O)(=O)CC(C)C)CC1. The Morgan fingerprint density at radius 1 is 1.33 bits per heavy atom. The Labute approximate surface area is 110 Å². The Morgan fingerprint density at radius 2 is 1.89 bits per heavy atom. The van der Waals surface area contributed by atoms with Crippen LogP contribution in [0.15, 0.2) is 0 Å². The summed E-state index contributed by atoms with van der Waals surface area (Å²) in [6.07, 6.45) is 1.12. The van der Waals surface area contributed by atoms with E-state index in [4.69, 9.17) is 0 Å². The van der Waals surface area contributed by atoms with E-state index in [0.29, 0.717) is 32.5 Å². The van der Waals surface area contributed by atoms with Crippen molar-refractivity contribution in [2.75, 3.05) is 25.4 Å². The first-order valence-corrected chi connectivity index (χ1v) is 8.32. The van der Waals surface area contributed by atoms with Gasteiger partial charge in [0.1, 0.15) is 0 Å². The zero-order valence-corrected chi connectivity index (χ0v) is 12.3. The van der Waals surface area contributed by atoms with Gasteiger partial charge in [0.15, 0.2) is 9.84 Å². The van der Waals surface area contributed by atoms with Crippen molar-refractivity contribution in [1.29, 1.82) is 0 Å². The standard InChI is InChI=1S/C12H24N2O3S/c1-4-13-12(15)14-7-5-11(6-8-14)18(16,17)9-10(2)3/h10-11H,4-9H2,1-3H3,(H,13,15). The van der Waals surface area contributed by atoms with Gasteiger partial charge in [-0.15, -0.1) is 0 Å². The first-order valence-electron chi connectivity index (χ1n) is 6.61. The van der Waals surface area contributed by atoms with Crippen LogP contribution in [0.4, 0.5) is 4.79 Å². The molecule has 0 radical (unpaired) electrons. The highest BCUT2D eigenvalue weighted by Crippen LogP contribution is 2.20. The van der Waals surface area contributed by atoms with Gasteiger partial charge in [-0.1, -0.05) is 13.8 Å². The molecule has 1 saturated heterocycles. The van der Waals surface area contributed by atoms with Gasteiger partial charge in [0.25, 0.3) is 0 Å². The second kappa shape index (κ2) is 6.41. The number of urea groups is 1. The second-order valence-corrected chi connectivity index (χ2v) is 7.57. The third kappa shape index (κ3) is 4.15. The molecule has 1 rings (SSSR count). The Bertz CT molecular complexity index is 371. The van der Waals surface area contributed by atoms with Crippen LogP contribution >= 0.6 is 0 Å². The lowest BCUT2D eigenvalue weighted by Crippen LogP contribution is -2.47. The number of nitrogens with one attached hydrogen (secondary N) is 1. The maximum absolute atomic E-state index is 12.1. The van der Waals surface area contributed by atoms with E-state index in [-0.39, 0.29) is 23.0 Å². The first-order chi connectivity index (χ1) is 8.36. The lowest BCUT2D eigenvalue weighted by atomic mass is 10.1. The minimum Gasteiger partial charge on any atom is -0.338 e. The van der Waals surface area contributed by atoms with E-state index < -0.39 is 9.84 Å². The maximum atomic E-state index is 12.1. The molecule has 0 bridgehead atoms. The lowest BCUT2D eigenvalue weighted by molar-refractivity contribution is 0.187. The molecule has 0 atom stereocenters. The van der Waals surface area contributed by atoms with E-state index in [0.717, 1.165) is 0 Å². The molecule has 0 aromatic rings. The summed E-state index contributed by atoms with van der Waals surface area (Å²) >= 11 is 0. The van der Waals surface area contributed by atoms with Gasteiger partial charge in [-0.2, -0.15) is 0 Å². The predicted molar refractivity (Wildman–Crippen MR) is 72.3 cm³/mol. The Hall–Kier alpha value is -0.780. The number of amides is 2. The largest absolute Gasteiger partial charge is 0.338 e. The van der Waals surface area contributed by atoms with Gasteiger partial charge in [0.2, 0.25) is 0 Å². The van der Waals surface area contributed by atoms with Crippen molar-refractivity contribution in [1.82, 2.24) is 10.2 Å². The Kier molecular flexibility index (Phi) is 5.44. The molecule has 0 unspecified atom stereocenters. The van der Waals surface area contributed by atoms with Crippen LogP contribution in [0, 0.1) is 5.92 Å². The van der Waals surface area contributed by atoms with Crippen molar-refractivity contribution < 1.29 is 13.2 Å². The van der Waals surface area contributed by atoms with Crippen molar-refractivity contribution in [3.63, 3.8) is 0 Å². The van der Waals surface area contributed by atoms with Crippen LogP contribution in [-0.2, 0) is 9.84 Å². The van der Waals surface area contributed by atoms with E-state index >= 15 is 0 Å². The highest BCUT2D eigenvalue weighted by Gasteiger charge is 2.31. The number of carbonyl (C=O) groups is 1. The van der Waals surface area contributed by atoms with E-state index in [1.165, 1.54) is 0 Å². The average molecular weight is 276 g/mol. The molecule has 2 amide bonds. The normalized spacial score (nSPS) is 18.1. The molecule has 0 aromatic heterocycles. The van der Waals surface area contributed by atoms with Gasteiger partial charge in [-0.05, 0) is 25.7 Å². The predicted octanol–water partition coefficient (Wildman–Crippen LogP) is 1.25. The van der Waals surface area contributed by atoms with Gasteiger partial charge in [0, 0.05) is 19.6 Å². The van der Waals surface area contributed by atoms with Crippen LogP contribution in [0.2, 0.25) is 0 Å². The molecule has 1 aliphatic rings. The van der Waals surface area contributed by atoms with E-state index in [2.05, 4.69) is 5.32 Å². The van der Waals surface area contributed by atoms with Crippen molar-refractivity contribution in [2.45, 2.75) is 38.9 Å². The minimum atomic E-state index is -3.00. The topological polar surface area (TPSA) is 66.5 Å². The van der Waals surface area contributed by atoms with E-state index in [9.17, 15) is 13.2 Å². The molecule has 0 spiro atoms. The monoisotopic (exact) mass is 276 g/mol. The summed E-state index contributed by atoms with van der Waals surface area (Å²) in [4.78, 5) is 13.3. The quantitative estimate of drug-likeness (QED) is 0.840. The molecule has 6 heteroatoms. The third-order valence-corrected chi connectivity index (χ3v) is 5.75. The Balaban J connectivity index is 2.51. The number of hydrogen-bond acceptors (Lipinski definition) is 3. The summed E-state index contributed by atoms with van der Waals surface area (Å²) in [6, 6.07) is -0.0859. The number of likely N-dealkylation sites (tertiary alicyclic amines) is 1. The average Bonchev–Trinajstić information content (AvgIpc) is 2.28. The van der Waals surface area contributed by atoms with E-state index in [1.807, 2.05) is 20.8 Å². The molecule has 1 fully saturated rings. The maximum Gasteiger partial charge on any atom is 0.317 e. The van der Waals surface area contributed by atoms with Gasteiger partial charge >= 0.3 is 6.03 Å². The van der Waals surface area contributed by atoms with Crippen LogP contribution in [0.25, 0.3) is 0 Å². The molecule has 1 N–H and O–H groups in total. The van der Waals surface area contributed by atoms with Gasteiger partial charge in [-0.3, -0.25) is 0 Å². The van der Waals surface area contributed by atoms with Crippen LogP contribution < -0.4 is 5.32 Å². The van der Waals surface area contributed by atoms with Crippen molar-refractivity contribution in [2.24, 2.45) is 5.92 Å². The molecule has 106 valence electrons. The summed E-state index contributed by atoms with van der Waals surface area (Å²) in [5.41, 5.74) is 0. The molecule has 1 aliphatic heterocycles. The smallest absolute Gasteiger partial charge is 0.317 e. The van der Waals surface area contributed by atoms with Crippen LogP contribution in [-0.4, -0.2) is 50.0 Å². The zero-order chi connectivity index (χ0) is 13.8. The fourth-order valence-corrected chi connectivity index (χ4v) is 4.41. The molecule has 0 saturated carbocycles. The summed E-state index contributed by atoms with van der Waals surface area (Å²) < 4.78 is 24.2. The van der Waals surface area contributed by atoms with Crippen molar-refractivity contribution in [3.8, 4) is 0 Å². The fourth-order valence-electron chi connectivity index (χ4n) is 2.28. The minimum absolute atomic E-state index is 0.0859. The molecule has 0 aromatic carbocycles. The number of hydrogen-bond donors (Lipinski definition) is 1. The van der Waals surface area contributed by atoms with Crippen LogP contribution in [0.3, 0.4) is 0 Å². The zero-order valence-electron chi connectivity index (χ0n) is 11.5. The highest BCUT2D eigenvalue weighted by molar-refractivity contribution is 7.92. The van der Waals surface area contributed by atoms with Crippen LogP contribution in [0.1, 0.15) is 33.6 Å². The second-order valence-electron chi connectivity index (χ2n) is 5.25. The summed E-state index contributed by atoms with van der Waals surface area (Å²) in [6.45, 7) is 7.38. The highest BCUT2D eigenvalue weighted by atomic mass is 32.2. The number of nitrogens with zero attached hydrogens (tertiary/aromatic N) is 1. The van der Waals surface area contributed by atoms with Gasteiger partial charge < -0.3 is 10.2 Å². The number of carbonyl (C=O) groups excluding carboxylic acids is 1. The van der Waals surface area contributed by atoms with Gasteiger partial charge in [0.05, 0.1) is 11.0 Å². The summed E-state index contributed by atoms with van der Waals surface area (Å²) in [7, 11) is -3.00. The molecule has 1 heterocycles. The Morgan fingerprint density at radius 3 is 2.33 bits per heavy atom. The van der Waals surface area contributed by atoms with Gasteiger partial charge in [-0.25, -0.2) is 13.2 Å². The third-order valence-electron chi connectivity index (χ3n) is 3.13. The van der Waals surface area contributed by atoms with Crippen LogP contribution in [0.5, 0.6) is 0 Å². The number of piperidine rings is 1. The molecule has 0 aliphatic carbocycles. The number of sulfone groups is 1. The molecule has 18 heavy (non-hydrogen) atoms. The first kappa shape index (κ1) is 15.3. The van der Waals surface area contributed by atoms with Crippen molar-refractivity contribution >= 4 is 15.9 Å². The molecular weight excluding hydrogens is 252 g/mol.